The number of carbonyl (C=O) groups is 2. The summed E-state index contributed by atoms with van der Waals surface area (Å²) in [5.74, 6) is 0.372. The lowest BCUT2D eigenvalue weighted by molar-refractivity contribution is -0.133. The van der Waals surface area contributed by atoms with Crippen LogP contribution >= 0.6 is 0 Å². The van der Waals surface area contributed by atoms with Gasteiger partial charge in [0.15, 0.2) is 9.84 Å². The van der Waals surface area contributed by atoms with E-state index in [9.17, 15) is 22.4 Å². The largest absolute Gasteiger partial charge is 0.340 e. The number of rotatable bonds is 10. The van der Waals surface area contributed by atoms with Crippen LogP contribution in [0.1, 0.15) is 60.4 Å². The molecule has 8 heteroatoms. The van der Waals surface area contributed by atoms with Crippen LogP contribution in [0.25, 0.3) is 0 Å². The normalized spacial score (nSPS) is 21.8. The molecule has 1 saturated carbocycles. The summed E-state index contributed by atoms with van der Waals surface area (Å²) in [6.07, 6.45) is 5.54. The predicted octanol–water partition coefficient (Wildman–Crippen LogP) is 3.94. The van der Waals surface area contributed by atoms with E-state index in [0.29, 0.717) is 23.8 Å². The first-order valence-electron chi connectivity index (χ1n) is 12.4. The number of sulfone groups is 1. The molecule has 2 aromatic rings. The van der Waals surface area contributed by atoms with E-state index >= 15 is 0 Å². The van der Waals surface area contributed by atoms with Gasteiger partial charge in [0.1, 0.15) is 11.9 Å². The third kappa shape index (κ3) is 7.13. The predicted molar refractivity (Wildman–Crippen MR) is 133 cm³/mol. The Morgan fingerprint density at radius 2 is 1.66 bits per heavy atom. The number of nitrogens with one attached hydrogen (secondary N) is 1. The number of carbonyl (C=O) groups excluding carboxylic acids is 2. The number of amides is 2. The van der Waals surface area contributed by atoms with Gasteiger partial charge in [-0.2, -0.15) is 0 Å². The molecule has 2 aromatic carbocycles. The number of nitrogens with zero attached hydrogens (tertiary/aromatic N) is 1. The number of benzene rings is 2. The van der Waals surface area contributed by atoms with Gasteiger partial charge in [0.2, 0.25) is 5.91 Å². The lowest BCUT2D eigenvalue weighted by atomic mass is 10.0. The van der Waals surface area contributed by atoms with Crippen molar-refractivity contribution in [2.24, 2.45) is 5.92 Å². The Bertz CT molecular complexity index is 1110. The van der Waals surface area contributed by atoms with Gasteiger partial charge in [-0.15, -0.1) is 0 Å². The standard InChI is InChI=1S/C27H33FN2O4S/c28-23-13-11-20(12-14-23)24-19-22(24)9-5-2-6-10-25(29-26(31)21-7-3-1-4-8-21)27(32)30-15-17-35(33,34)18-16-30/h1,3-4,7-8,11-14,22,24-25H,2,5-6,9-10,15-19H2,(H,29,31)/t22-,24+,25+/m1/s1. The summed E-state index contributed by atoms with van der Waals surface area (Å²) >= 11 is 0. The maximum atomic E-state index is 13.2. The van der Waals surface area contributed by atoms with E-state index in [-0.39, 0.29) is 42.2 Å². The highest BCUT2D eigenvalue weighted by atomic mass is 32.2. The molecule has 0 unspecified atom stereocenters. The van der Waals surface area contributed by atoms with Gasteiger partial charge in [-0.25, -0.2) is 12.8 Å². The average molecular weight is 501 g/mol. The Kier molecular flexibility index (Phi) is 8.21. The Hall–Kier alpha value is -2.74. The van der Waals surface area contributed by atoms with Crippen molar-refractivity contribution in [3.8, 4) is 0 Å². The van der Waals surface area contributed by atoms with Gasteiger partial charge in [-0.3, -0.25) is 9.59 Å². The molecule has 2 amide bonds. The highest BCUT2D eigenvalue weighted by molar-refractivity contribution is 7.91. The lowest BCUT2D eigenvalue weighted by Crippen LogP contribution is -2.52. The average Bonchev–Trinajstić information content (AvgIpc) is 3.63. The van der Waals surface area contributed by atoms with Crippen LogP contribution in [-0.4, -0.2) is 55.8 Å². The van der Waals surface area contributed by atoms with Crippen molar-refractivity contribution in [3.05, 3.63) is 71.5 Å². The summed E-state index contributed by atoms with van der Waals surface area (Å²) in [7, 11) is -3.09. The fourth-order valence-corrected chi connectivity index (χ4v) is 6.06. The van der Waals surface area contributed by atoms with Crippen molar-refractivity contribution in [2.45, 2.75) is 50.5 Å². The maximum Gasteiger partial charge on any atom is 0.251 e. The van der Waals surface area contributed by atoms with E-state index in [4.69, 9.17) is 0 Å². The summed E-state index contributed by atoms with van der Waals surface area (Å²) < 4.78 is 36.6. The zero-order valence-electron chi connectivity index (χ0n) is 19.9. The minimum Gasteiger partial charge on any atom is -0.340 e. The Balaban J connectivity index is 1.26. The van der Waals surface area contributed by atoms with Crippen LogP contribution in [-0.2, 0) is 14.6 Å². The monoisotopic (exact) mass is 500 g/mol. The summed E-state index contributed by atoms with van der Waals surface area (Å²) in [6.45, 7) is 0.344. The molecule has 0 radical (unpaired) electrons. The van der Waals surface area contributed by atoms with Gasteiger partial charge in [0.25, 0.3) is 5.91 Å². The highest BCUT2D eigenvalue weighted by Gasteiger charge is 2.37. The number of unbranched alkanes of at least 4 members (excludes halogenated alkanes) is 2. The molecule has 4 rings (SSSR count). The van der Waals surface area contributed by atoms with Crippen molar-refractivity contribution in [2.75, 3.05) is 24.6 Å². The molecule has 1 saturated heterocycles. The number of hydrogen-bond acceptors (Lipinski definition) is 4. The summed E-state index contributed by atoms with van der Waals surface area (Å²) in [5.41, 5.74) is 1.70. The Morgan fingerprint density at radius 3 is 2.34 bits per heavy atom. The zero-order chi connectivity index (χ0) is 24.8. The fraction of sp³-hybridized carbons (Fsp3) is 0.481. The van der Waals surface area contributed by atoms with Crippen LogP contribution in [0.5, 0.6) is 0 Å². The highest BCUT2D eigenvalue weighted by Crippen LogP contribution is 2.50. The molecule has 0 aromatic heterocycles. The van der Waals surface area contributed by atoms with Gasteiger partial charge in [-0.1, -0.05) is 49.6 Å². The summed E-state index contributed by atoms with van der Waals surface area (Å²) in [6, 6.07) is 14.9. The quantitative estimate of drug-likeness (QED) is 0.501. The van der Waals surface area contributed by atoms with Crippen LogP contribution in [0.15, 0.2) is 54.6 Å². The minimum atomic E-state index is -3.09. The molecule has 6 nitrogen and oxygen atoms in total. The minimum absolute atomic E-state index is 0.0330. The third-order valence-electron chi connectivity index (χ3n) is 7.08. The first-order chi connectivity index (χ1) is 16.8. The van der Waals surface area contributed by atoms with Crippen molar-refractivity contribution in [1.82, 2.24) is 10.2 Å². The smallest absolute Gasteiger partial charge is 0.251 e. The van der Waals surface area contributed by atoms with Crippen LogP contribution in [0.3, 0.4) is 0 Å². The second-order valence-corrected chi connectivity index (χ2v) is 12.0. The van der Waals surface area contributed by atoms with E-state index in [1.54, 1.807) is 29.2 Å². The van der Waals surface area contributed by atoms with Gasteiger partial charge in [0.05, 0.1) is 11.5 Å². The second-order valence-electron chi connectivity index (χ2n) is 9.66. The molecule has 1 aliphatic carbocycles. The molecular weight excluding hydrogens is 467 g/mol. The molecular formula is C27H33FN2O4S. The fourth-order valence-electron chi connectivity index (χ4n) is 4.86. The van der Waals surface area contributed by atoms with Gasteiger partial charge in [0, 0.05) is 18.7 Å². The second kappa shape index (κ2) is 11.3. The molecule has 1 aliphatic heterocycles. The van der Waals surface area contributed by atoms with Gasteiger partial charge in [-0.05, 0) is 60.9 Å². The first-order valence-corrected chi connectivity index (χ1v) is 14.2. The van der Waals surface area contributed by atoms with Crippen LogP contribution in [0, 0.1) is 11.7 Å². The maximum absolute atomic E-state index is 13.2. The van der Waals surface area contributed by atoms with Gasteiger partial charge < -0.3 is 10.2 Å². The van der Waals surface area contributed by atoms with Crippen molar-refractivity contribution in [1.29, 1.82) is 0 Å². The molecule has 3 atom stereocenters. The van der Waals surface area contributed by atoms with Crippen molar-refractivity contribution >= 4 is 21.7 Å². The third-order valence-corrected chi connectivity index (χ3v) is 8.69. The SMILES string of the molecule is O=C(N[C@@H](CCCCC[C@@H]1C[C@H]1c1ccc(F)cc1)C(=O)N1CCS(=O)(=O)CC1)c1ccccc1. The van der Waals surface area contributed by atoms with E-state index in [1.165, 1.54) is 17.7 Å². The topological polar surface area (TPSA) is 83.6 Å². The van der Waals surface area contributed by atoms with Crippen molar-refractivity contribution in [3.63, 3.8) is 0 Å². The molecule has 2 aliphatic rings. The van der Waals surface area contributed by atoms with Crippen LogP contribution in [0.2, 0.25) is 0 Å². The molecule has 2 fully saturated rings. The molecule has 0 bridgehead atoms. The Labute approximate surface area is 206 Å². The molecule has 35 heavy (non-hydrogen) atoms. The Morgan fingerprint density at radius 1 is 0.971 bits per heavy atom. The van der Waals surface area contributed by atoms with Crippen LogP contribution in [0.4, 0.5) is 4.39 Å². The first kappa shape index (κ1) is 25.4. The van der Waals surface area contributed by atoms with Crippen LogP contribution < -0.4 is 5.32 Å². The van der Waals surface area contributed by atoms with Gasteiger partial charge >= 0.3 is 0 Å². The lowest BCUT2D eigenvalue weighted by Gasteiger charge is -2.30. The molecule has 188 valence electrons. The summed E-state index contributed by atoms with van der Waals surface area (Å²) in [4.78, 5) is 27.5. The van der Waals surface area contributed by atoms with Crippen molar-refractivity contribution < 1.29 is 22.4 Å². The van der Waals surface area contributed by atoms with E-state index in [1.807, 2.05) is 18.2 Å². The molecule has 1 N–H and O–H groups in total. The van der Waals surface area contributed by atoms with E-state index in [0.717, 1.165) is 32.1 Å². The zero-order valence-corrected chi connectivity index (χ0v) is 20.7. The number of halogens is 1. The van der Waals surface area contributed by atoms with E-state index < -0.39 is 15.9 Å². The number of hydrogen-bond donors (Lipinski definition) is 1. The molecule has 1 heterocycles. The summed E-state index contributed by atoms with van der Waals surface area (Å²) in [5, 5.41) is 2.89. The molecule has 0 spiro atoms. The van der Waals surface area contributed by atoms with E-state index in [2.05, 4.69) is 5.32 Å².